The highest BCUT2D eigenvalue weighted by molar-refractivity contribution is 6.35. The summed E-state index contributed by atoms with van der Waals surface area (Å²) in [7, 11) is 0. The molecule has 1 aliphatic heterocycles. The topological polar surface area (TPSA) is 49.4 Å². The molecule has 4 nitrogen and oxygen atoms in total. The lowest BCUT2D eigenvalue weighted by Gasteiger charge is -2.34. The normalized spacial score (nSPS) is 16.1. The van der Waals surface area contributed by atoms with Gasteiger partial charge in [0.25, 0.3) is 5.91 Å². The Hall–Kier alpha value is -1.26. The first-order chi connectivity index (χ1) is 11.2. The average Bonchev–Trinajstić information content (AvgIpc) is 2.48. The van der Waals surface area contributed by atoms with Gasteiger partial charge in [-0.1, -0.05) is 44.0 Å². The van der Waals surface area contributed by atoms with E-state index in [1.807, 2.05) is 4.90 Å². The first-order valence-electron chi connectivity index (χ1n) is 8.19. The summed E-state index contributed by atoms with van der Waals surface area (Å²) in [6, 6.07) is 4.89. The second kappa shape index (κ2) is 7.75. The third kappa shape index (κ3) is 5.38. The van der Waals surface area contributed by atoms with Crippen molar-refractivity contribution in [3.63, 3.8) is 0 Å². The number of carbonyl (C=O) groups is 2. The molecule has 0 aliphatic carbocycles. The minimum absolute atomic E-state index is 0.00846. The Morgan fingerprint density at radius 2 is 1.83 bits per heavy atom. The SMILES string of the molecule is CC(C)(C)CC(=O)N1CCC(NC(=O)c2cc(Cl)ccc2Cl)CC1. The van der Waals surface area contributed by atoms with Gasteiger partial charge in [0.2, 0.25) is 5.91 Å². The Morgan fingerprint density at radius 3 is 2.42 bits per heavy atom. The molecule has 2 rings (SSSR count). The number of amides is 2. The van der Waals surface area contributed by atoms with Crippen LogP contribution in [0.2, 0.25) is 10.0 Å². The predicted octanol–water partition coefficient (Wildman–Crippen LogP) is 4.15. The van der Waals surface area contributed by atoms with Crippen molar-refractivity contribution in [2.75, 3.05) is 13.1 Å². The second-order valence-electron chi connectivity index (χ2n) is 7.49. The molecule has 1 N–H and O–H groups in total. The number of piperidine rings is 1. The summed E-state index contributed by atoms with van der Waals surface area (Å²) in [4.78, 5) is 26.5. The van der Waals surface area contributed by atoms with Gasteiger partial charge in [0.15, 0.2) is 0 Å². The van der Waals surface area contributed by atoms with Crippen LogP contribution in [-0.4, -0.2) is 35.8 Å². The lowest BCUT2D eigenvalue weighted by Crippen LogP contribution is -2.47. The Bertz CT molecular complexity index is 618. The molecule has 132 valence electrons. The molecule has 24 heavy (non-hydrogen) atoms. The van der Waals surface area contributed by atoms with Gasteiger partial charge in [-0.3, -0.25) is 9.59 Å². The van der Waals surface area contributed by atoms with Gasteiger partial charge in [-0.2, -0.15) is 0 Å². The molecule has 0 atom stereocenters. The van der Waals surface area contributed by atoms with Crippen molar-refractivity contribution in [2.45, 2.75) is 46.1 Å². The number of halogens is 2. The van der Waals surface area contributed by atoms with E-state index in [9.17, 15) is 9.59 Å². The van der Waals surface area contributed by atoms with E-state index in [1.54, 1.807) is 18.2 Å². The van der Waals surface area contributed by atoms with E-state index in [2.05, 4.69) is 26.1 Å². The molecule has 1 aliphatic rings. The van der Waals surface area contributed by atoms with Crippen LogP contribution in [0.25, 0.3) is 0 Å². The van der Waals surface area contributed by atoms with Crippen molar-refractivity contribution < 1.29 is 9.59 Å². The Kier molecular flexibility index (Phi) is 6.16. The molecule has 1 saturated heterocycles. The molecule has 0 radical (unpaired) electrons. The number of carbonyl (C=O) groups excluding carboxylic acids is 2. The van der Waals surface area contributed by atoms with Crippen LogP contribution in [0.4, 0.5) is 0 Å². The molecule has 0 unspecified atom stereocenters. The van der Waals surface area contributed by atoms with E-state index in [-0.39, 0.29) is 23.3 Å². The fourth-order valence-corrected chi connectivity index (χ4v) is 3.15. The van der Waals surface area contributed by atoms with E-state index in [1.165, 1.54) is 0 Å². The van der Waals surface area contributed by atoms with Gasteiger partial charge < -0.3 is 10.2 Å². The van der Waals surface area contributed by atoms with Crippen LogP contribution in [0.3, 0.4) is 0 Å². The number of hydrogen-bond acceptors (Lipinski definition) is 2. The quantitative estimate of drug-likeness (QED) is 0.868. The van der Waals surface area contributed by atoms with Gasteiger partial charge in [0.05, 0.1) is 10.6 Å². The zero-order valence-electron chi connectivity index (χ0n) is 14.4. The smallest absolute Gasteiger partial charge is 0.253 e. The van der Waals surface area contributed by atoms with Crippen LogP contribution in [0.15, 0.2) is 18.2 Å². The predicted molar refractivity (Wildman–Crippen MR) is 97.6 cm³/mol. The maximum Gasteiger partial charge on any atom is 0.253 e. The summed E-state index contributed by atoms with van der Waals surface area (Å²) in [6.07, 6.45) is 2.04. The van der Waals surface area contributed by atoms with Crippen molar-refractivity contribution >= 4 is 35.0 Å². The minimum Gasteiger partial charge on any atom is -0.349 e. The van der Waals surface area contributed by atoms with E-state index in [4.69, 9.17) is 23.2 Å². The zero-order valence-corrected chi connectivity index (χ0v) is 15.9. The lowest BCUT2D eigenvalue weighted by atomic mass is 9.91. The molecule has 1 aromatic rings. The zero-order chi connectivity index (χ0) is 17.9. The first kappa shape index (κ1) is 19.1. The van der Waals surface area contributed by atoms with Gasteiger partial charge in [-0.25, -0.2) is 0 Å². The molecule has 0 spiro atoms. The van der Waals surface area contributed by atoms with Crippen LogP contribution >= 0.6 is 23.2 Å². The molecule has 1 fully saturated rings. The molecular formula is C18H24Cl2N2O2. The number of likely N-dealkylation sites (tertiary alicyclic amines) is 1. The standard InChI is InChI=1S/C18H24Cl2N2O2/c1-18(2,3)11-16(23)22-8-6-13(7-9-22)21-17(24)14-10-12(19)4-5-15(14)20/h4-5,10,13H,6-9,11H2,1-3H3,(H,21,24). The highest BCUT2D eigenvalue weighted by atomic mass is 35.5. The van der Waals surface area contributed by atoms with Crippen molar-refractivity contribution in [1.82, 2.24) is 10.2 Å². The fraction of sp³-hybridized carbons (Fsp3) is 0.556. The third-order valence-corrected chi connectivity index (χ3v) is 4.60. The van der Waals surface area contributed by atoms with Crippen molar-refractivity contribution in [3.05, 3.63) is 33.8 Å². The van der Waals surface area contributed by atoms with E-state index >= 15 is 0 Å². The Morgan fingerprint density at radius 1 is 1.21 bits per heavy atom. The summed E-state index contributed by atoms with van der Waals surface area (Å²) in [5, 5.41) is 3.85. The summed E-state index contributed by atoms with van der Waals surface area (Å²) >= 11 is 12.0. The van der Waals surface area contributed by atoms with Crippen LogP contribution in [0, 0.1) is 5.41 Å². The first-order valence-corrected chi connectivity index (χ1v) is 8.95. The largest absolute Gasteiger partial charge is 0.349 e. The maximum absolute atomic E-state index is 12.4. The van der Waals surface area contributed by atoms with Gasteiger partial charge in [0, 0.05) is 30.6 Å². The third-order valence-electron chi connectivity index (χ3n) is 4.04. The lowest BCUT2D eigenvalue weighted by molar-refractivity contribution is -0.134. The molecule has 0 bridgehead atoms. The van der Waals surface area contributed by atoms with Crippen LogP contribution in [-0.2, 0) is 4.79 Å². The fourth-order valence-electron chi connectivity index (χ4n) is 2.77. The molecular weight excluding hydrogens is 347 g/mol. The number of nitrogens with one attached hydrogen (secondary N) is 1. The van der Waals surface area contributed by atoms with Gasteiger partial charge >= 0.3 is 0 Å². The molecule has 1 aromatic carbocycles. The van der Waals surface area contributed by atoms with Crippen molar-refractivity contribution in [1.29, 1.82) is 0 Å². The summed E-state index contributed by atoms with van der Waals surface area (Å²) in [5.74, 6) is -0.0351. The summed E-state index contributed by atoms with van der Waals surface area (Å²) < 4.78 is 0. The summed E-state index contributed by atoms with van der Waals surface area (Å²) in [5.41, 5.74) is 0.376. The molecule has 0 saturated carbocycles. The van der Waals surface area contributed by atoms with Gasteiger partial charge in [0.1, 0.15) is 0 Å². The minimum atomic E-state index is -0.220. The highest BCUT2D eigenvalue weighted by Crippen LogP contribution is 2.23. The van der Waals surface area contributed by atoms with Crippen molar-refractivity contribution in [3.8, 4) is 0 Å². The van der Waals surface area contributed by atoms with E-state index < -0.39 is 0 Å². The van der Waals surface area contributed by atoms with Crippen LogP contribution in [0.5, 0.6) is 0 Å². The number of benzene rings is 1. The van der Waals surface area contributed by atoms with E-state index in [0.29, 0.717) is 35.1 Å². The average molecular weight is 371 g/mol. The molecule has 1 heterocycles. The Labute approximate surface area is 153 Å². The van der Waals surface area contributed by atoms with Gasteiger partial charge in [-0.05, 0) is 36.5 Å². The van der Waals surface area contributed by atoms with Crippen LogP contribution in [0.1, 0.15) is 50.4 Å². The number of nitrogens with zero attached hydrogens (tertiary/aromatic N) is 1. The van der Waals surface area contributed by atoms with Crippen molar-refractivity contribution in [2.24, 2.45) is 5.41 Å². The molecule has 6 heteroatoms. The monoisotopic (exact) mass is 370 g/mol. The molecule has 0 aromatic heterocycles. The summed E-state index contributed by atoms with van der Waals surface area (Å²) in [6.45, 7) is 7.53. The number of rotatable bonds is 3. The Balaban J connectivity index is 1.88. The van der Waals surface area contributed by atoms with Gasteiger partial charge in [-0.15, -0.1) is 0 Å². The number of hydrogen-bond donors (Lipinski definition) is 1. The molecule has 2 amide bonds. The second-order valence-corrected chi connectivity index (χ2v) is 8.33. The van der Waals surface area contributed by atoms with Crippen LogP contribution < -0.4 is 5.32 Å². The van der Waals surface area contributed by atoms with E-state index in [0.717, 1.165) is 12.8 Å². The highest BCUT2D eigenvalue weighted by Gasteiger charge is 2.27. The maximum atomic E-state index is 12.4.